The van der Waals surface area contributed by atoms with Gasteiger partial charge in [-0.15, -0.1) is 0 Å². The van der Waals surface area contributed by atoms with Crippen LogP contribution in [0.5, 0.6) is 0 Å². The third-order valence-corrected chi connectivity index (χ3v) is 3.66. The van der Waals surface area contributed by atoms with Crippen LogP contribution in [0.1, 0.15) is 0 Å². The first kappa shape index (κ1) is 16.9. The van der Waals surface area contributed by atoms with Crippen molar-refractivity contribution in [2.45, 2.75) is 30.6 Å². The van der Waals surface area contributed by atoms with Gasteiger partial charge in [0.25, 0.3) is 5.69 Å². The third kappa shape index (κ3) is 3.29. The summed E-state index contributed by atoms with van der Waals surface area (Å²) in [6.45, 7) is -0.566. The summed E-state index contributed by atoms with van der Waals surface area (Å²) in [6, 6.07) is 3.87. The van der Waals surface area contributed by atoms with Crippen LogP contribution in [0.4, 0.5) is 11.4 Å². The van der Waals surface area contributed by atoms with Crippen molar-refractivity contribution in [3.05, 3.63) is 33.3 Å². The maximum atomic E-state index is 10.8. The van der Waals surface area contributed by atoms with Crippen LogP contribution in [0.25, 0.3) is 0 Å². The number of nitrogens with zero attached hydrogens (tertiary/aromatic N) is 1. The summed E-state index contributed by atoms with van der Waals surface area (Å²) in [4.78, 5) is 10.2. The van der Waals surface area contributed by atoms with Gasteiger partial charge in [0.1, 0.15) is 29.4 Å². The second-order valence-electron chi connectivity index (χ2n) is 4.82. The first-order valence-electron chi connectivity index (χ1n) is 6.36. The van der Waals surface area contributed by atoms with Crippen molar-refractivity contribution in [3.8, 4) is 0 Å². The van der Waals surface area contributed by atoms with E-state index >= 15 is 0 Å². The summed E-state index contributed by atoms with van der Waals surface area (Å²) in [5.41, 5.74) is -0.114. The fourth-order valence-electron chi connectivity index (χ4n) is 2.13. The molecule has 0 radical (unpaired) electrons. The number of anilines is 1. The molecule has 0 saturated carbocycles. The summed E-state index contributed by atoms with van der Waals surface area (Å²) in [6.07, 6.45) is -6.75. The lowest BCUT2D eigenvalue weighted by Gasteiger charge is -2.40. The van der Waals surface area contributed by atoms with Gasteiger partial charge in [-0.25, -0.2) is 0 Å². The van der Waals surface area contributed by atoms with Crippen molar-refractivity contribution in [2.75, 3.05) is 11.9 Å². The summed E-state index contributed by atoms with van der Waals surface area (Å²) in [7, 11) is 0. The first-order chi connectivity index (χ1) is 10.3. The zero-order valence-electron chi connectivity index (χ0n) is 11.2. The van der Waals surface area contributed by atoms with E-state index in [1.165, 1.54) is 12.1 Å². The average Bonchev–Trinajstić information content (AvgIpc) is 2.49. The summed E-state index contributed by atoms with van der Waals surface area (Å²) < 4.78 is 5.24. The largest absolute Gasteiger partial charge is 0.394 e. The van der Waals surface area contributed by atoms with E-state index in [4.69, 9.17) is 21.4 Å². The number of halogens is 1. The highest BCUT2D eigenvalue weighted by molar-refractivity contribution is 6.32. The van der Waals surface area contributed by atoms with Gasteiger partial charge in [0, 0.05) is 11.8 Å². The Morgan fingerprint density at radius 2 is 1.95 bits per heavy atom. The molecule has 122 valence electrons. The SMILES string of the molecule is O=[N+]([O-])c1cc(N[C@H]2O[C@@H](CO)[C@H](O)[C@@H](O)[C@H]2O)ccc1Cl. The smallest absolute Gasteiger partial charge is 0.289 e. The fourth-order valence-corrected chi connectivity index (χ4v) is 2.31. The second-order valence-corrected chi connectivity index (χ2v) is 5.22. The van der Waals surface area contributed by atoms with Crippen molar-refractivity contribution in [1.29, 1.82) is 0 Å². The van der Waals surface area contributed by atoms with Crippen LogP contribution in [0.3, 0.4) is 0 Å². The third-order valence-electron chi connectivity index (χ3n) is 3.34. The lowest BCUT2D eigenvalue weighted by molar-refractivity contribution is -0.384. The minimum absolute atomic E-state index is 0.0515. The summed E-state index contributed by atoms with van der Waals surface area (Å²) in [5.74, 6) is 0. The molecule has 0 bridgehead atoms. The molecule has 0 aromatic heterocycles. The molecule has 5 atom stereocenters. The molecule has 1 aromatic rings. The summed E-state index contributed by atoms with van der Waals surface area (Å²) in [5, 5.41) is 51.7. The van der Waals surface area contributed by atoms with E-state index in [0.717, 1.165) is 6.07 Å². The number of ether oxygens (including phenoxy) is 1. The highest BCUT2D eigenvalue weighted by Gasteiger charge is 2.43. The van der Waals surface area contributed by atoms with Crippen molar-refractivity contribution in [1.82, 2.24) is 0 Å². The molecular formula is C12H15ClN2O7. The predicted octanol–water partition coefficient (Wildman–Crippen LogP) is -0.540. The van der Waals surface area contributed by atoms with Crippen LogP contribution in [-0.2, 0) is 4.74 Å². The standard InChI is InChI=1S/C12H15ClN2O7/c13-6-2-1-5(3-7(6)15(20)21)14-12-11(19)10(18)9(17)8(4-16)22-12/h1-3,8-12,14,16-19H,4H2/t8-,9-,10+,11+,12-/m0/s1. The Morgan fingerprint density at radius 1 is 1.27 bits per heavy atom. The van der Waals surface area contributed by atoms with Crippen molar-refractivity contribution < 1.29 is 30.1 Å². The van der Waals surface area contributed by atoms with Crippen LogP contribution in [-0.4, -0.2) is 62.6 Å². The van der Waals surface area contributed by atoms with Crippen molar-refractivity contribution in [3.63, 3.8) is 0 Å². The average molecular weight is 335 g/mol. The van der Waals surface area contributed by atoms with Gasteiger partial charge in [-0.2, -0.15) is 0 Å². The molecule has 2 rings (SSSR count). The second kappa shape index (κ2) is 6.73. The molecule has 0 amide bonds. The quantitative estimate of drug-likeness (QED) is 0.364. The number of nitro benzene ring substituents is 1. The van der Waals surface area contributed by atoms with Gasteiger partial charge in [0.2, 0.25) is 0 Å². The molecule has 1 aliphatic heterocycles. The fraction of sp³-hybridized carbons (Fsp3) is 0.500. The molecule has 0 spiro atoms. The normalized spacial score (nSPS) is 31.8. The maximum Gasteiger partial charge on any atom is 0.289 e. The van der Waals surface area contributed by atoms with Crippen molar-refractivity contribution in [2.24, 2.45) is 0 Å². The van der Waals surface area contributed by atoms with Gasteiger partial charge in [-0.05, 0) is 12.1 Å². The van der Waals surface area contributed by atoms with Gasteiger partial charge >= 0.3 is 0 Å². The van der Waals surface area contributed by atoms with Crippen LogP contribution >= 0.6 is 11.6 Å². The molecule has 1 aliphatic rings. The van der Waals surface area contributed by atoms with Gasteiger partial charge in [-0.1, -0.05) is 11.6 Å². The highest BCUT2D eigenvalue weighted by Crippen LogP contribution is 2.29. The van der Waals surface area contributed by atoms with Gasteiger partial charge in [0.15, 0.2) is 6.23 Å². The van der Waals surface area contributed by atoms with Gasteiger partial charge in [-0.3, -0.25) is 10.1 Å². The Hall–Kier alpha value is -1.49. The predicted molar refractivity (Wildman–Crippen MR) is 75.5 cm³/mol. The van der Waals surface area contributed by atoms with Gasteiger partial charge in [0.05, 0.1) is 11.5 Å². The molecule has 1 saturated heterocycles. The minimum atomic E-state index is -1.54. The molecule has 1 fully saturated rings. The lowest BCUT2D eigenvalue weighted by Crippen LogP contribution is -2.60. The zero-order chi connectivity index (χ0) is 16.4. The number of aliphatic hydroxyl groups excluding tert-OH is 4. The molecule has 22 heavy (non-hydrogen) atoms. The topological polar surface area (TPSA) is 145 Å². The van der Waals surface area contributed by atoms with Crippen LogP contribution in [0.15, 0.2) is 18.2 Å². The van der Waals surface area contributed by atoms with E-state index in [1.807, 2.05) is 0 Å². The number of nitro groups is 1. The number of aliphatic hydroxyl groups is 4. The number of hydrogen-bond acceptors (Lipinski definition) is 8. The van der Waals surface area contributed by atoms with Crippen molar-refractivity contribution >= 4 is 23.0 Å². The van der Waals surface area contributed by atoms with Crippen LogP contribution in [0, 0.1) is 10.1 Å². The van der Waals surface area contributed by atoms with Crippen LogP contribution in [0.2, 0.25) is 5.02 Å². The molecule has 0 unspecified atom stereocenters. The van der Waals surface area contributed by atoms with E-state index in [2.05, 4.69) is 5.32 Å². The Bertz CT molecular complexity index is 556. The Labute approximate surface area is 129 Å². The number of nitrogens with one attached hydrogen (secondary N) is 1. The molecule has 0 aliphatic carbocycles. The molecular weight excluding hydrogens is 320 g/mol. The number of rotatable bonds is 4. The zero-order valence-corrected chi connectivity index (χ0v) is 11.9. The molecule has 1 aromatic carbocycles. The Balaban J connectivity index is 2.19. The Morgan fingerprint density at radius 3 is 2.55 bits per heavy atom. The minimum Gasteiger partial charge on any atom is -0.394 e. The van der Waals surface area contributed by atoms with E-state index in [9.17, 15) is 25.4 Å². The lowest BCUT2D eigenvalue weighted by atomic mass is 9.98. The summed E-state index contributed by atoms with van der Waals surface area (Å²) >= 11 is 5.69. The first-order valence-corrected chi connectivity index (χ1v) is 6.74. The highest BCUT2D eigenvalue weighted by atomic mass is 35.5. The number of hydrogen-bond donors (Lipinski definition) is 5. The number of benzene rings is 1. The Kier molecular flexibility index (Phi) is 5.16. The monoisotopic (exact) mass is 334 g/mol. The van der Waals surface area contributed by atoms with E-state index in [-0.39, 0.29) is 16.4 Å². The molecule has 5 N–H and O–H groups in total. The molecule has 9 nitrogen and oxygen atoms in total. The van der Waals surface area contributed by atoms with Gasteiger partial charge < -0.3 is 30.5 Å². The van der Waals surface area contributed by atoms with Crippen LogP contribution < -0.4 is 5.32 Å². The molecule has 1 heterocycles. The van der Waals surface area contributed by atoms with E-state index < -0.39 is 42.2 Å². The maximum absolute atomic E-state index is 10.8. The van der Waals surface area contributed by atoms with E-state index in [0.29, 0.717) is 0 Å². The van der Waals surface area contributed by atoms with E-state index in [1.54, 1.807) is 0 Å². The molecule has 10 heteroatoms.